The Morgan fingerprint density at radius 3 is 2.76 bits per heavy atom. The van der Waals surface area contributed by atoms with Gasteiger partial charge in [0.2, 0.25) is 0 Å². The summed E-state index contributed by atoms with van der Waals surface area (Å²) in [5.74, 6) is 1.81. The molecular weight excluding hydrogens is 262 g/mol. The van der Waals surface area contributed by atoms with Gasteiger partial charge in [0, 0.05) is 18.0 Å². The van der Waals surface area contributed by atoms with Crippen LogP contribution in [0.3, 0.4) is 0 Å². The van der Waals surface area contributed by atoms with Gasteiger partial charge in [0.15, 0.2) is 0 Å². The van der Waals surface area contributed by atoms with Crippen molar-refractivity contribution in [2.24, 2.45) is 11.1 Å². The Morgan fingerprint density at radius 1 is 1.19 bits per heavy atom. The highest BCUT2D eigenvalue weighted by molar-refractivity contribution is 5.44. The summed E-state index contributed by atoms with van der Waals surface area (Å²) in [7, 11) is 1.69. The summed E-state index contributed by atoms with van der Waals surface area (Å²) in [6, 6.07) is 6.05. The number of ether oxygens (including phenoxy) is 2. The van der Waals surface area contributed by atoms with Crippen LogP contribution in [0.5, 0.6) is 11.5 Å². The van der Waals surface area contributed by atoms with Crippen LogP contribution in [0.4, 0.5) is 0 Å². The van der Waals surface area contributed by atoms with Gasteiger partial charge in [-0.2, -0.15) is 0 Å². The van der Waals surface area contributed by atoms with E-state index in [-0.39, 0.29) is 11.6 Å². The number of benzene rings is 1. The SMILES string of the molecule is COc1ccc2c(c1)[C@@H](N)CC1(CCCC(C)(C)CC1)O2. The van der Waals surface area contributed by atoms with Crippen LogP contribution in [-0.4, -0.2) is 12.7 Å². The first-order chi connectivity index (χ1) is 9.93. The Labute approximate surface area is 127 Å². The molecule has 0 amide bonds. The molecule has 3 heteroatoms. The molecule has 3 nitrogen and oxygen atoms in total. The van der Waals surface area contributed by atoms with Crippen LogP contribution >= 0.6 is 0 Å². The summed E-state index contributed by atoms with van der Waals surface area (Å²) in [5, 5.41) is 0. The van der Waals surface area contributed by atoms with E-state index in [4.69, 9.17) is 15.2 Å². The topological polar surface area (TPSA) is 44.5 Å². The van der Waals surface area contributed by atoms with Crippen molar-refractivity contribution < 1.29 is 9.47 Å². The van der Waals surface area contributed by atoms with Gasteiger partial charge < -0.3 is 15.2 Å². The number of nitrogens with two attached hydrogens (primary N) is 1. The number of fused-ring (bicyclic) bond motifs is 1. The Kier molecular flexibility index (Phi) is 3.64. The van der Waals surface area contributed by atoms with Crippen molar-refractivity contribution in [3.8, 4) is 11.5 Å². The molecule has 1 fully saturated rings. The second-order valence-electron chi connectivity index (χ2n) is 7.52. The number of methoxy groups -OCH3 is 1. The fourth-order valence-electron chi connectivity index (χ4n) is 3.83. The number of rotatable bonds is 1. The molecule has 0 aromatic heterocycles. The molecule has 1 unspecified atom stereocenters. The summed E-state index contributed by atoms with van der Waals surface area (Å²) in [6.07, 6.45) is 6.87. The zero-order valence-electron chi connectivity index (χ0n) is 13.4. The predicted molar refractivity (Wildman–Crippen MR) is 84.8 cm³/mol. The molecule has 21 heavy (non-hydrogen) atoms. The maximum absolute atomic E-state index is 6.47. The van der Waals surface area contributed by atoms with Gasteiger partial charge in [0.1, 0.15) is 17.1 Å². The van der Waals surface area contributed by atoms with Crippen molar-refractivity contribution in [1.82, 2.24) is 0 Å². The van der Waals surface area contributed by atoms with Gasteiger partial charge in [-0.3, -0.25) is 0 Å². The Bertz CT molecular complexity index is 526. The average Bonchev–Trinajstić information content (AvgIpc) is 2.58. The average molecular weight is 289 g/mol. The zero-order chi connectivity index (χ0) is 15.1. The first-order valence-electron chi connectivity index (χ1n) is 8.06. The second kappa shape index (κ2) is 5.20. The van der Waals surface area contributed by atoms with E-state index in [0.29, 0.717) is 5.41 Å². The van der Waals surface area contributed by atoms with E-state index in [1.54, 1.807) is 7.11 Å². The Morgan fingerprint density at radius 2 is 2.00 bits per heavy atom. The van der Waals surface area contributed by atoms with Crippen molar-refractivity contribution in [2.75, 3.05) is 7.11 Å². The summed E-state index contributed by atoms with van der Waals surface area (Å²) >= 11 is 0. The van der Waals surface area contributed by atoms with Gasteiger partial charge in [-0.1, -0.05) is 13.8 Å². The highest BCUT2D eigenvalue weighted by Crippen LogP contribution is 2.48. The fourth-order valence-corrected chi connectivity index (χ4v) is 3.83. The van der Waals surface area contributed by atoms with Crippen LogP contribution in [0.15, 0.2) is 18.2 Å². The van der Waals surface area contributed by atoms with Gasteiger partial charge in [-0.05, 0) is 55.7 Å². The molecular formula is C18H27NO2. The van der Waals surface area contributed by atoms with Crippen LogP contribution in [0.1, 0.15) is 64.0 Å². The third kappa shape index (κ3) is 2.89. The smallest absolute Gasteiger partial charge is 0.125 e. The molecule has 1 saturated carbocycles. The van der Waals surface area contributed by atoms with Crippen molar-refractivity contribution in [2.45, 2.75) is 64.0 Å². The van der Waals surface area contributed by atoms with Crippen molar-refractivity contribution in [1.29, 1.82) is 0 Å². The van der Waals surface area contributed by atoms with Gasteiger partial charge in [0.05, 0.1) is 7.11 Å². The molecule has 0 radical (unpaired) electrons. The normalized spacial score (nSPS) is 31.1. The molecule has 0 saturated heterocycles. The summed E-state index contributed by atoms with van der Waals surface area (Å²) in [5.41, 5.74) is 7.91. The lowest BCUT2D eigenvalue weighted by molar-refractivity contribution is 0.0188. The van der Waals surface area contributed by atoms with E-state index in [9.17, 15) is 0 Å². The predicted octanol–water partition coefficient (Wildman–Crippen LogP) is 4.21. The third-order valence-electron chi connectivity index (χ3n) is 5.28. The van der Waals surface area contributed by atoms with Crippen LogP contribution in [0.25, 0.3) is 0 Å². The molecule has 1 aromatic carbocycles. The van der Waals surface area contributed by atoms with E-state index in [1.807, 2.05) is 18.2 Å². The van der Waals surface area contributed by atoms with E-state index in [1.165, 1.54) is 19.3 Å². The number of hydrogen-bond donors (Lipinski definition) is 1. The lowest BCUT2D eigenvalue weighted by atomic mass is 9.80. The standard InChI is InChI=1S/C18H27NO2/c1-17(2)7-4-8-18(10-9-17)12-15(19)14-11-13(20-3)5-6-16(14)21-18/h5-6,11,15H,4,7-10,12,19H2,1-3H3/t15-,18?/m0/s1. The quantitative estimate of drug-likeness (QED) is 0.842. The lowest BCUT2D eigenvalue weighted by Gasteiger charge is -2.41. The highest BCUT2D eigenvalue weighted by Gasteiger charge is 2.42. The molecule has 2 aliphatic rings. The first kappa shape index (κ1) is 14.7. The molecule has 0 bridgehead atoms. The first-order valence-corrected chi connectivity index (χ1v) is 8.06. The summed E-state index contributed by atoms with van der Waals surface area (Å²) in [4.78, 5) is 0. The molecule has 2 N–H and O–H groups in total. The maximum atomic E-state index is 6.47. The third-order valence-corrected chi connectivity index (χ3v) is 5.28. The molecule has 1 spiro atoms. The van der Waals surface area contributed by atoms with Crippen LogP contribution in [0.2, 0.25) is 0 Å². The Balaban J connectivity index is 1.87. The van der Waals surface area contributed by atoms with Crippen LogP contribution < -0.4 is 15.2 Å². The molecule has 1 aliphatic heterocycles. The van der Waals surface area contributed by atoms with Gasteiger partial charge in [-0.15, -0.1) is 0 Å². The van der Waals surface area contributed by atoms with E-state index in [2.05, 4.69) is 13.8 Å². The molecule has 2 atom stereocenters. The van der Waals surface area contributed by atoms with Crippen molar-refractivity contribution >= 4 is 0 Å². The van der Waals surface area contributed by atoms with E-state index in [0.717, 1.165) is 36.3 Å². The molecule has 3 rings (SSSR count). The number of hydrogen-bond acceptors (Lipinski definition) is 3. The molecule has 1 aromatic rings. The molecule has 116 valence electrons. The van der Waals surface area contributed by atoms with Crippen LogP contribution in [-0.2, 0) is 0 Å². The molecule has 1 heterocycles. The Hall–Kier alpha value is -1.22. The maximum Gasteiger partial charge on any atom is 0.125 e. The summed E-state index contributed by atoms with van der Waals surface area (Å²) in [6.45, 7) is 4.74. The summed E-state index contributed by atoms with van der Waals surface area (Å²) < 4.78 is 11.8. The minimum atomic E-state index is -0.0607. The molecule has 1 aliphatic carbocycles. The van der Waals surface area contributed by atoms with Gasteiger partial charge >= 0.3 is 0 Å². The van der Waals surface area contributed by atoms with Crippen LogP contribution in [0, 0.1) is 5.41 Å². The zero-order valence-corrected chi connectivity index (χ0v) is 13.4. The monoisotopic (exact) mass is 289 g/mol. The van der Waals surface area contributed by atoms with E-state index >= 15 is 0 Å². The van der Waals surface area contributed by atoms with Gasteiger partial charge in [-0.25, -0.2) is 0 Å². The lowest BCUT2D eigenvalue weighted by Crippen LogP contribution is -2.42. The fraction of sp³-hybridized carbons (Fsp3) is 0.667. The largest absolute Gasteiger partial charge is 0.497 e. The van der Waals surface area contributed by atoms with Crippen molar-refractivity contribution in [3.05, 3.63) is 23.8 Å². The second-order valence-corrected chi connectivity index (χ2v) is 7.52. The van der Waals surface area contributed by atoms with Gasteiger partial charge in [0.25, 0.3) is 0 Å². The van der Waals surface area contributed by atoms with E-state index < -0.39 is 0 Å². The van der Waals surface area contributed by atoms with Crippen molar-refractivity contribution in [3.63, 3.8) is 0 Å². The minimum Gasteiger partial charge on any atom is -0.497 e. The highest BCUT2D eigenvalue weighted by atomic mass is 16.5. The minimum absolute atomic E-state index is 0.0464.